The molecule has 0 bridgehead atoms. The number of carbonyl (C=O) groups excluding carboxylic acids is 1. The fraction of sp³-hybridized carbons (Fsp3) is 0.316. The molecule has 0 atom stereocenters. The van der Waals surface area contributed by atoms with E-state index in [1.165, 1.54) is 6.92 Å². The van der Waals surface area contributed by atoms with Crippen LogP contribution in [0.3, 0.4) is 0 Å². The van der Waals surface area contributed by atoms with Gasteiger partial charge in [0.1, 0.15) is 6.61 Å². The fourth-order valence-corrected chi connectivity index (χ4v) is 2.22. The van der Waals surface area contributed by atoms with E-state index in [2.05, 4.69) is 20.8 Å². The lowest BCUT2D eigenvalue weighted by Gasteiger charge is -2.24. The monoisotopic (exact) mass is 298 g/mol. The van der Waals surface area contributed by atoms with Crippen LogP contribution in [0.2, 0.25) is 0 Å². The Kier molecular flexibility index (Phi) is 4.86. The van der Waals surface area contributed by atoms with Gasteiger partial charge in [-0.3, -0.25) is 4.79 Å². The maximum absolute atomic E-state index is 11.3. The van der Waals surface area contributed by atoms with Crippen LogP contribution >= 0.6 is 0 Å². The molecule has 116 valence electrons. The van der Waals surface area contributed by atoms with E-state index in [4.69, 9.17) is 9.47 Å². The molecule has 2 aromatic carbocycles. The molecule has 0 unspecified atom stereocenters. The Hall–Kier alpha value is -2.29. The summed E-state index contributed by atoms with van der Waals surface area (Å²) >= 11 is 0. The molecule has 0 amide bonds. The summed E-state index contributed by atoms with van der Waals surface area (Å²) in [5, 5.41) is 0. The van der Waals surface area contributed by atoms with Crippen LogP contribution in [0.15, 0.2) is 48.5 Å². The molecular weight excluding hydrogens is 276 g/mol. The number of hydrogen-bond donors (Lipinski definition) is 0. The van der Waals surface area contributed by atoms with Crippen molar-refractivity contribution in [3.63, 3.8) is 0 Å². The van der Waals surface area contributed by atoms with Crippen molar-refractivity contribution in [1.82, 2.24) is 0 Å². The number of rotatable bonds is 4. The fourth-order valence-electron chi connectivity index (χ4n) is 2.22. The molecule has 0 heterocycles. The van der Waals surface area contributed by atoms with Crippen molar-refractivity contribution in [3.05, 3.63) is 59.7 Å². The first-order valence-corrected chi connectivity index (χ1v) is 7.36. The van der Waals surface area contributed by atoms with Crippen molar-refractivity contribution in [2.24, 2.45) is 0 Å². The average Bonchev–Trinajstić information content (AvgIpc) is 2.45. The van der Waals surface area contributed by atoms with E-state index in [1.54, 1.807) is 6.07 Å². The first-order valence-electron chi connectivity index (χ1n) is 7.36. The van der Waals surface area contributed by atoms with Gasteiger partial charge in [0.15, 0.2) is 11.5 Å². The summed E-state index contributed by atoms with van der Waals surface area (Å²) in [6.45, 7) is 8.15. The van der Waals surface area contributed by atoms with E-state index in [9.17, 15) is 4.79 Å². The van der Waals surface area contributed by atoms with Crippen molar-refractivity contribution < 1.29 is 14.3 Å². The summed E-state index contributed by atoms with van der Waals surface area (Å²) in [6.07, 6.45) is 0. The second-order valence-corrected chi connectivity index (χ2v) is 6.25. The molecule has 0 spiro atoms. The highest BCUT2D eigenvalue weighted by Crippen LogP contribution is 2.39. The summed E-state index contributed by atoms with van der Waals surface area (Å²) in [4.78, 5) is 11.3. The highest BCUT2D eigenvalue weighted by molar-refractivity contribution is 5.71. The largest absolute Gasteiger partial charge is 0.485 e. The molecular formula is C19H22O3. The SMILES string of the molecule is CC(=O)Oc1cccc(C(C)(C)C)c1OCc1ccccc1. The van der Waals surface area contributed by atoms with Crippen molar-refractivity contribution in [2.45, 2.75) is 39.7 Å². The molecule has 2 aromatic rings. The van der Waals surface area contributed by atoms with Gasteiger partial charge in [-0.2, -0.15) is 0 Å². The van der Waals surface area contributed by atoms with Crippen LogP contribution in [-0.4, -0.2) is 5.97 Å². The standard InChI is InChI=1S/C19H22O3/c1-14(20)22-17-12-8-11-16(19(2,3)4)18(17)21-13-15-9-6-5-7-10-15/h5-12H,13H2,1-4H3. The highest BCUT2D eigenvalue weighted by atomic mass is 16.6. The van der Waals surface area contributed by atoms with Gasteiger partial charge in [0, 0.05) is 12.5 Å². The van der Waals surface area contributed by atoms with Gasteiger partial charge in [0.25, 0.3) is 0 Å². The van der Waals surface area contributed by atoms with Crippen LogP contribution in [0.4, 0.5) is 0 Å². The molecule has 0 radical (unpaired) electrons. The maximum Gasteiger partial charge on any atom is 0.308 e. The zero-order valence-electron chi connectivity index (χ0n) is 13.6. The van der Waals surface area contributed by atoms with Gasteiger partial charge in [0.2, 0.25) is 0 Å². The Labute approximate surface area is 131 Å². The zero-order valence-corrected chi connectivity index (χ0v) is 13.6. The topological polar surface area (TPSA) is 35.5 Å². The number of carbonyl (C=O) groups is 1. The minimum Gasteiger partial charge on any atom is -0.485 e. The number of para-hydroxylation sites is 1. The molecule has 3 heteroatoms. The van der Waals surface area contributed by atoms with Gasteiger partial charge in [-0.25, -0.2) is 0 Å². The van der Waals surface area contributed by atoms with Gasteiger partial charge in [-0.05, 0) is 17.0 Å². The lowest BCUT2D eigenvalue weighted by atomic mass is 9.86. The third-order valence-electron chi connectivity index (χ3n) is 3.27. The molecule has 2 rings (SSSR count). The number of ether oxygens (including phenoxy) is 2. The molecule has 0 saturated carbocycles. The smallest absolute Gasteiger partial charge is 0.308 e. The summed E-state index contributed by atoms with van der Waals surface area (Å²) < 4.78 is 11.3. The van der Waals surface area contributed by atoms with Gasteiger partial charge in [-0.15, -0.1) is 0 Å². The molecule has 0 aromatic heterocycles. The minimum atomic E-state index is -0.351. The zero-order chi connectivity index (χ0) is 16.2. The molecule has 0 N–H and O–H groups in total. The third-order valence-corrected chi connectivity index (χ3v) is 3.27. The van der Waals surface area contributed by atoms with Gasteiger partial charge >= 0.3 is 5.97 Å². The Morgan fingerprint density at radius 1 is 1.00 bits per heavy atom. The van der Waals surface area contributed by atoms with Gasteiger partial charge in [0.05, 0.1) is 0 Å². The van der Waals surface area contributed by atoms with Gasteiger partial charge < -0.3 is 9.47 Å². The number of esters is 1. The minimum absolute atomic E-state index is 0.109. The summed E-state index contributed by atoms with van der Waals surface area (Å²) in [5.41, 5.74) is 1.98. The van der Waals surface area contributed by atoms with E-state index in [0.717, 1.165) is 11.1 Å². The average molecular weight is 298 g/mol. The van der Waals surface area contributed by atoms with Crippen LogP contribution in [0.1, 0.15) is 38.8 Å². The summed E-state index contributed by atoms with van der Waals surface area (Å²) in [6, 6.07) is 15.6. The van der Waals surface area contributed by atoms with Crippen LogP contribution in [0.5, 0.6) is 11.5 Å². The van der Waals surface area contributed by atoms with Crippen LogP contribution < -0.4 is 9.47 Å². The Morgan fingerprint density at radius 3 is 2.27 bits per heavy atom. The molecule has 0 aliphatic heterocycles. The molecule has 0 aliphatic carbocycles. The van der Waals surface area contributed by atoms with Crippen LogP contribution in [0, 0.1) is 0 Å². The van der Waals surface area contributed by atoms with E-state index >= 15 is 0 Å². The predicted molar refractivity (Wildman–Crippen MR) is 87.2 cm³/mol. The molecule has 0 aliphatic rings. The molecule has 3 nitrogen and oxygen atoms in total. The Balaban J connectivity index is 2.34. The lowest BCUT2D eigenvalue weighted by Crippen LogP contribution is -2.15. The van der Waals surface area contributed by atoms with Crippen molar-refractivity contribution in [3.8, 4) is 11.5 Å². The van der Waals surface area contributed by atoms with Crippen molar-refractivity contribution in [2.75, 3.05) is 0 Å². The molecule has 0 fully saturated rings. The summed E-state index contributed by atoms with van der Waals surface area (Å²) in [7, 11) is 0. The number of hydrogen-bond acceptors (Lipinski definition) is 3. The normalized spacial score (nSPS) is 11.1. The van der Waals surface area contributed by atoms with Crippen LogP contribution in [0.25, 0.3) is 0 Å². The maximum atomic E-state index is 11.3. The van der Waals surface area contributed by atoms with Crippen molar-refractivity contribution >= 4 is 5.97 Å². The van der Waals surface area contributed by atoms with Crippen molar-refractivity contribution in [1.29, 1.82) is 0 Å². The molecule has 22 heavy (non-hydrogen) atoms. The third kappa shape index (κ3) is 4.10. The van der Waals surface area contributed by atoms with E-state index in [0.29, 0.717) is 18.1 Å². The lowest BCUT2D eigenvalue weighted by molar-refractivity contribution is -0.132. The highest BCUT2D eigenvalue weighted by Gasteiger charge is 2.22. The predicted octanol–water partition coefficient (Wildman–Crippen LogP) is 4.49. The van der Waals surface area contributed by atoms with Gasteiger partial charge in [-0.1, -0.05) is 63.2 Å². The van der Waals surface area contributed by atoms with Crippen LogP contribution in [-0.2, 0) is 16.8 Å². The first-order chi connectivity index (χ1) is 10.4. The Bertz CT molecular complexity index is 639. The quantitative estimate of drug-likeness (QED) is 0.616. The number of benzene rings is 2. The van der Waals surface area contributed by atoms with E-state index in [-0.39, 0.29) is 11.4 Å². The second-order valence-electron chi connectivity index (χ2n) is 6.25. The summed E-state index contributed by atoms with van der Waals surface area (Å²) in [5.74, 6) is 0.750. The van der Waals surface area contributed by atoms with E-state index in [1.807, 2.05) is 42.5 Å². The molecule has 0 saturated heterocycles. The van der Waals surface area contributed by atoms with E-state index < -0.39 is 0 Å². The first kappa shape index (κ1) is 16.1. The Morgan fingerprint density at radius 2 is 1.68 bits per heavy atom. The second kappa shape index (κ2) is 6.65.